The number of rotatable bonds is 5. The summed E-state index contributed by atoms with van der Waals surface area (Å²) in [6.07, 6.45) is -5.89. The van der Waals surface area contributed by atoms with E-state index in [1.165, 1.54) is 32.2 Å². The number of ether oxygens (including phenoxy) is 2. The Morgan fingerprint density at radius 2 is 1.97 bits per heavy atom. The Bertz CT molecular complexity index is 1040. The maximum atomic E-state index is 13.4. The number of nitrogens with zero attached hydrogens (tertiary/aromatic N) is 2. The molecule has 0 saturated heterocycles. The van der Waals surface area contributed by atoms with E-state index in [2.05, 4.69) is 5.10 Å². The summed E-state index contributed by atoms with van der Waals surface area (Å²) in [6, 6.07) is 9.17. The number of hydrogen-bond acceptors (Lipinski definition) is 5. The molecule has 1 heterocycles. The fourth-order valence-corrected chi connectivity index (χ4v) is 3.29. The number of aryl methyl sites for hydroxylation is 1. The van der Waals surface area contributed by atoms with Gasteiger partial charge >= 0.3 is 6.18 Å². The molecule has 1 amide bonds. The van der Waals surface area contributed by atoms with Crippen molar-refractivity contribution in [2.24, 2.45) is 5.10 Å². The SMILES string of the molecule is COc1ccc(C(=O)N2N=C(C)CC2(O)C(F)(F)F)cc1COc1ccc(Cl)c(C)c1. The second-order valence-corrected chi connectivity index (χ2v) is 7.58. The molecule has 0 bridgehead atoms. The monoisotopic (exact) mass is 456 g/mol. The van der Waals surface area contributed by atoms with E-state index in [0.29, 0.717) is 22.1 Å². The van der Waals surface area contributed by atoms with Gasteiger partial charge in [0.05, 0.1) is 7.11 Å². The highest BCUT2D eigenvalue weighted by atomic mass is 35.5. The fourth-order valence-electron chi connectivity index (χ4n) is 3.17. The molecule has 0 radical (unpaired) electrons. The first-order chi connectivity index (χ1) is 14.5. The van der Waals surface area contributed by atoms with E-state index in [-0.39, 0.29) is 22.9 Å². The van der Waals surface area contributed by atoms with Crippen molar-refractivity contribution in [3.63, 3.8) is 0 Å². The highest BCUT2D eigenvalue weighted by Gasteiger charge is 2.62. The van der Waals surface area contributed by atoms with Crippen molar-refractivity contribution in [3.8, 4) is 11.5 Å². The van der Waals surface area contributed by atoms with Crippen LogP contribution in [0.4, 0.5) is 13.2 Å². The Morgan fingerprint density at radius 1 is 1.26 bits per heavy atom. The lowest BCUT2D eigenvalue weighted by molar-refractivity contribution is -0.297. The van der Waals surface area contributed by atoms with Crippen molar-refractivity contribution in [2.75, 3.05) is 7.11 Å². The average Bonchev–Trinajstić information content (AvgIpc) is 3.03. The Morgan fingerprint density at radius 3 is 2.58 bits per heavy atom. The molecular formula is C21H20ClF3N2O4. The summed E-state index contributed by atoms with van der Waals surface area (Å²) in [5.41, 5.74) is -2.28. The number of carbonyl (C=O) groups excluding carboxylic acids is 1. The molecule has 2 aromatic rings. The van der Waals surface area contributed by atoms with E-state index < -0.39 is 24.2 Å². The fraction of sp³-hybridized carbons (Fsp3) is 0.333. The van der Waals surface area contributed by atoms with Gasteiger partial charge in [-0.25, -0.2) is 0 Å². The van der Waals surface area contributed by atoms with Crippen LogP contribution in [0.15, 0.2) is 41.5 Å². The van der Waals surface area contributed by atoms with E-state index in [9.17, 15) is 23.1 Å². The van der Waals surface area contributed by atoms with Crippen LogP contribution < -0.4 is 9.47 Å². The summed E-state index contributed by atoms with van der Waals surface area (Å²) < 4.78 is 51.3. The Hall–Kier alpha value is -2.78. The summed E-state index contributed by atoms with van der Waals surface area (Å²) in [5, 5.41) is 14.4. The molecule has 0 aromatic heterocycles. The van der Waals surface area contributed by atoms with Crippen molar-refractivity contribution in [2.45, 2.75) is 38.8 Å². The van der Waals surface area contributed by atoms with Gasteiger partial charge in [-0.1, -0.05) is 11.6 Å². The molecule has 166 valence electrons. The third-order valence-electron chi connectivity index (χ3n) is 4.82. The first kappa shape index (κ1) is 22.9. The quantitative estimate of drug-likeness (QED) is 0.707. The molecule has 31 heavy (non-hydrogen) atoms. The Labute approximate surface area is 181 Å². The van der Waals surface area contributed by atoms with Crippen LogP contribution in [-0.4, -0.2) is 40.7 Å². The number of methoxy groups -OCH3 is 1. The topological polar surface area (TPSA) is 71.4 Å². The molecule has 6 nitrogen and oxygen atoms in total. The van der Waals surface area contributed by atoms with E-state index in [1.807, 2.05) is 6.92 Å². The molecule has 0 fully saturated rings. The predicted molar refractivity (Wildman–Crippen MR) is 108 cm³/mol. The molecule has 0 saturated carbocycles. The zero-order valence-corrected chi connectivity index (χ0v) is 17.7. The van der Waals surface area contributed by atoms with Crippen LogP contribution in [0.3, 0.4) is 0 Å². The molecule has 10 heteroatoms. The molecule has 1 N–H and O–H groups in total. The number of benzene rings is 2. The molecule has 0 spiro atoms. The van der Waals surface area contributed by atoms with Crippen molar-refractivity contribution in [1.29, 1.82) is 0 Å². The van der Waals surface area contributed by atoms with Gasteiger partial charge in [0.1, 0.15) is 18.1 Å². The second-order valence-electron chi connectivity index (χ2n) is 7.17. The van der Waals surface area contributed by atoms with Gasteiger partial charge in [0.2, 0.25) is 0 Å². The normalized spacial score (nSPS) is 18.7. The largest absolute Gasteiger partial charge is 0.496 e. The molecule has 0 aliphatic carbocycles. The molecule has 1 atom stereocenters. The first-order valence-corrected chi connectivity index (χ1v) is 9.57. The lowest BCUT2D eigenvalue weighted by Crippen LogP contribution is -2.56. The number of carbonyl (C=O) groups is 1. The van der Waals surface area contributed by atoms with Crippen LogP contribution in [0, 0.1) is 6.92 Å². The van der Waals surface area contributed by atoms with Gasteiger partial charge in [0.25, 0.3) is 11.6 Å². The minimum atomic E-state index is -5.07. The Kier molecular flexibility index (Phi) is 6.20. The second kappa shape index (κ2) is 8.39. The molecule has 1 aliphatic heterocycles. The van der Waals surface area contributed by atoms with Crippen LogP contribution in [0.5, 0.6) is 11.5 Å². The average molecular weight is 457 g/mol. The van der Waals surface area contributed by atoms with Crippen molar-refractivity contribution in [1.82, 2.24) is 5.01 Å². The lowest BCUT2D eigenvalue weighted by atomic mass is 10.0. The van der Waals surface area contributed by atoms with E-state index in [4.69, 9.17) is 21.1 Å². The van der Waals surface area contributed by atoms with Gasteiger partial charge in [-0.15, -0.1) is 0 Å². The van der Waals surface area contributed by atoms with E-state index in [0.717, 1.165) is 5.56 Å². The van der Waals surface area contributed by atoms with Crippen LogP contribution in [-0.2, 0) is 6.61 Å². The maximum absolute atomic E-state index is 13.4. The third kappa shape index (κ3) is 4.47. The molecule has 1 aliphatic rings. The standard InChI is InChI=1S/C21H20ClF3N2O4/c1-12-8-16(5-6-17(12)22)31-11-15-9-14(4-7-18(15)30-3)19(28)27-20(29,21(23,24)25)10-13(2)26-27/h4-9,29H,10-11H2,1-3H3. The summed E-state index contributed by atoms with van der Waals surface area (Å²) in [4.78, 5) is 12.8. The summed E-state index contributed by atoms with van der Waals surface area (Å²) in [7, 11) is 1.42. The number of hydrogen-bond donors (Lipinski definition) is 1. The minimum absolute atomic E-state index is 0.0108. The van der Waals surface area contributed by atoms with Crippen molar-refractivity contribution >= 4 is 23.2 Å². The molecule has 1 unspecified atom stereocenters. The highest BCUT2D eigenvalue weighted by Crippen LogP contribution is 2.41. The zero-order valence-electron chi connectivity index (χ0n) is 17.0. The van der Waals surface area contributed by atoms with Gasteiger partial charge in [-0.2, -0.15) is 23.3 Å². The lowest BCUT2D eigenvalue weighted by Gasteiger charge is -2.32. The summed E-state index contributed by atoms with van der Waals surface area (Å²) in [6.45, 7) is 3.11. The summed E-state index contributed by atoms with van der Waals surface area (Å²) in [5.74, 6) is -0.191. The van der Waals surface area contributed by atoms with Gasteiger partial charge in [0.15, 0.2) is 0 Å². The molecule has 3 rings (SSSR count). The van der Waals surface area contributed by atoms with Crippen molar-refractivity contribution < 1.29 is 32.5 Å². The number of halogens is 4. The number of alkyl halides is 3. The first-order valence-electron chi connectivity index (χ1n) is 9.20. The van der Waals surface area contributed by atoms with Crippen LogP contribution in [0.1, 0.15) is 34.8 Å². The van der Waals surface area contributed by atoms with Gasteiger partial charge in [0, 0.05) is 28.3 Å². The van der Waals surface area contributed by atoms with Crippen LogP contribution in [0.25, 0.3) is 0 Å². The molecular weight excluding hydrogens is 437 g/mol. The predicted octanol–water partition coefficient (Wildman–Crippen LogP) is 4.71. The highest BCUT2D eigenvalue weighted by molar-refractivity contribution is 6.31. The summed E-state index contributed by atoms with van der Waals surface area (Å²) >= 11 is 6.00. The van der Waals surface area contributed by atoms with Gasteiger partial charge in [-0.3, -0.25) is 4.79 Å². The van der Waals surface area contributed by atoms with Crippen LogP contribution >= 0.6 is 11.6 Å². The van der Waals surface area contributed by atoms with E-state index in [1.54, 1.807) is 18.2 Å². The van der Waals surface area contributed by atoms with Gasteiger partial charge in [-0.05, 0) is 55.8 Å². The molecule has 2 aromatic carbocycles. The third-order valence-corrected chi connectivity index (χ3v) is 5.24. The van der Waals surface area contributed by atoms with E-state index >= 15 is 0 Å². The van der Waals surface area contributed by atoms with Crippen LogP contribution in [0.2, 0.25) is 5.02 Å². The number of aliphatic hydroxyl groups is 1. The maximum Gasteiger partial charge on any atom is 0.438 e. The number of hydrazone groups is 1. The smallest absolute Gasteiger partial charge is 0.438 e. The Balaban J connectivity index is 1.88. The zero-order chi connectivity index (χ0) is 23.0. The van der Waals surface area contributed by atoms with Crippen molar-refractivity contribution in [3.05, 3.63) is 58.1 Å². The number of amides is 1. The minimum Gasteiger partial charge on any atom is -0.496 e. The van der Waals surface area contributed by atoms with Gasteiger partial charge < -0.3 is 14.6 Å².